The zero-order chi connectivity index (χ0) is 21.5. The fourth-order valence-corrected chi connectivity index (χ4v) is 4.21. The summed E-state index contributed by atoms with van der Waals surface area (Å²) in [5.41, 5.74) is 4.89. The molecule has 0 aromatic heterocycles. The van der Waals surface area contributed by atoms with Crippen molar-refractivity contribution < 1.29 is 14.6 Å². The third-order valence-electron chi connectivity index (χ3n) is 5.91. The third kappa shape index (κ3) is 5.96. The third-order valence-corrected chi connectivity index (χ3v) is 5.91. The summed E-state index contributed by atoms with van der Waals surface area (Å²) in [5.74, 6) is 0.0232. The summed E-state index contributed by atoms with van der Waals surface area (Å²) in [5, 5.41) is 8.78. The fraction of sp³-hybridized carbons (Fsp3) is 0.296. The molecule has 0 bridgehead atoms. The summed E-state index contributed by atoms with van der Waals surface area (Å²) in [6.07, 6.45) is 3.17. The Morgan fingerprint density at radius 2 is 1.58 bits per heavy atom. The van der Waals surface area contributed by atoms with Crippen LogP contribution in [0.2, 0.25) is 0 Å². The van der Waals surface area contributed by atoms with Crippen molar-refractivity contribution in [3.63, 3.8) is 0 Å². The molecule has 160 valence electrons. The molecule has 4 nitrogen and oxygen atoms in total. The number of ether oxygens (including phenoxy) is 1. The van der Waals surface area contributed by atoms with Crippen molar-refractivity contribution in [2.75, 3.05) is 6.54 Å². The van der Waals surface area contributed by atoms with E-state index in [2.05, 4.69) is 59.5 Å². The van der Waals surface area contributed by atoms with Gasteiger partial charge in [-0.2, -0.15) is 0 Å². The van der Waals surface area contributed by atoms with Gasteiger partial charge in [-0.3, -0.25) is 9.69 Å². The number of likely N-dealkylation sites (tertiary alicyclic amines) is 1. The maximum Gasteiger partial charge on any atom is 0.303 e. The Hall–Kier alpha value is -3.11. The van der Waals surface area contributed by atoms with E-state index in [1.54, 1.807) is 0 Å². The molecule has 1 saturated heterocycles. The number of hydrogen-bond donors (Lipinski definition) is 1. The highest BCUT2D eigenvalue weighted by molar-refractivity contribution is 5.67. The van der Waals surface area contributed by atoms with Gasteiger partial charge in [-0.15, -0.1) is 0 Å². The van der Waals surface area contributed by atoms with Crippen LogP contribution in [0, 0.1) is 0 Å². The smallest absolute Gasteiger partial charge is 0.303 e. The topological polar surface area (TPSA) is 49.8 Å². The van der Waals surface area contributed by atoms with Crippen molar-refractivity contribution in [3.05, 3.63) is 101 Å². The summed E-state index contributed by atoms with van der Waals surface area (Å²) in [6.45, 7) is 2.64. The van der Waals surface area contributed by atoms with Gasteiger partial charge in [-0.05, 0) is 60.2 Å². The van der Waals surface area contributed by atoms with Gasteiger partial charge < -0.3 is 9.84 Å². The summed E-state index contributed by atoms with van der Waals surface area (Å²) in [4.78, 5) is 13.2. The van der Waals surface area contributed by atoms with Crippen LogP contribution in [0.1, 0.15) is 47.6 Å². The molecule has 31 heavy (non-hydrogen) atoms. The van der Waals surface area contributed by atoms with Crippen molar-refractivity contribution in [1.29, 1.82) is 0 Å². The maximum absolute atomic E-state index is 10.7. The lowest BCUT2D eigenvalue weighted by molar-refractivity contribution is -0.136. The fourth-order valence-electron chi connectivity index (χ4n) is 4.21. The number of hydrogen-bond acceptors (Lipinski definition) is 3. The molecule has 0 aliphatic carbocycles. The SMILES string of the molecule is O=C(O)CCc1ccc(OCc2ccc(CN3CCCC3c3ccccc3)cc2)cc1. The van der Waals surface area contributed by atoms with E-state index in [0.717, 1.165) is 30.0 Å². The van der Waals surface area contributed by atoms with E-state index in [9.17, 15) is 4.79 Å². The second-order valence-corrected chi connectivity index (χ2v) is 8.18. The minimum Gasteiger partial charge on any atom is -0.489 e. The molecule has 0 spiro atoms. The Labute approximate surface area is 184 Å². The number of carbonyl (C=O) groups is 1. The predicted molar refractivity (Wildman–Crippen MR) is 122 cm³/mol. The zero-order valence-electron chi connectivity index (χ0n) is 17.7. The van der Waals surface area contributed by atoms with Crippen LogP contribution in [0.3, 0.4) is 0 Å². The van der Waals surface area contributed by atoms with Gasteiger partial charge in [-0.1, -0.05) is 66.7 Å². The highest BCUT2D eigenvalue weighted by Crippen LogP contribution is 2.33. The summed E-state index contributed by atoms with van der Waals surface area (Å²) in [6, 6.07) is 27.7. The highest BCUT2D eigenvalue weighted by Gasteiger charge is 2.25. The Kier molecular flexibility index (Phi) is 7.00. The van der Waals surface area contributed by atoms with Gasteiger partial charge in [0.05, 0.1) is 0 Å². The summed E-state index contributed by atoms with van der Waals surface area (Å²) < 4.78 is 5.89. The Morgan fingerprint density at radius 3 is 2.29 bits per heavy atom. The average Bonchev–Trinajstić information content (AvgIpc) is 3.26. The maximum atomic E-state index is 10.7. The Balaban J connectivity index is 1.29. The molecule has 4 heteroatoms. The van der Waals surface area contributed by atoms with Crippen molar-refractivity contribution in [1.82, 2.24) is 4.90 Å². The molecule has 0 amide bonds. The molecular formula is C27H29NO3. The molecule has 0 radical (unpaired) electrons. The van der Waals surface area contributed by atoms with Crippen LogP contribution in [0.4, 0.5) is 0 Å². The second kappa shape index (κ2) is 10.3. The molecular weight excluding hydrogens is 386 g/mol. The normalized spacial score (nSPS) is 16.3. The zero-order valence-corrected chi connectivity index (χ0v) is 17.7. The standard InChI is InChI=1S/C27H29NO3/c29-27(30)17-14-21-12-15-25(16-13-21)31-20-23-10-8-22(9-11-23)19-28-18-4-7-26(28)24-5-2-1-3-6-24/h1-3,5-6,8-13,15-16,26H,4,7,14,17-20H2,(H,29,30). The lowest BCUT2D eigenvalue weighted by Crippen LogP contribution is -2.22. The van der Waals surface area contributed by atoms with E-state index in [1.807, 2.05) is 24.3 Å². The van der Waals surface area contributed by atoms with Crippen molar-refractivity contribution in [2.24, 2.45) is 0 Å². The van der Waals surface area contributed by atoms with Crippen LogP contribution >= 0.6 is 0 Å². The number of nitrogens with zero attached hydrogens (tertiary/aromatic N) is 1. The first kappa shape index (κ1) is 21.1. The lowest BCUT2D eigenvalue weighted by Gasteiger charge is -2.25. The van der Waals surface area contributed by atoms with Gasteiger partial charge in [0, 0.05) is 19.0 Å². The summed E-state index contributed by atoms with van der Waals surface area (Å²) >= 11 is 0. The van der Waals surface area contributed by atoms with Crippen LogP contribution in [0.15, 0.2) is 78.9 Å². The minimum absolute atomic E-state index is 0.149. The molecule has 1 unspecified atom stereocenters. The first-order chi connectivity index (χ1) is 15.2. The molecule has 1 atom stereocenters. The van der Waals surface area contributed by atoms with Crippen LogP contribution in [0.25, 0.3) is 0 Å². The van der Waals surface area contributed by atoms with Crippen LogP contribution in [-0.2, 0) is 24.4 Å². The number of aliphatic carboxylic acids is 1. The van der Waals surface area contributed by atoms with E-state index < -0.39 is 5.97 Å². The van der Waals surface area contributed by atoms with Crippen molar-refractivity contribution >= 4 is 5.97 Å². The molecule has 4 rings (SSSR count). The predicted octanol–water partition coefficient (Wildman–Crippen LogP) is 5.62. The second-order valence-electron chi connectivity index (χ2n) is 8.18. The van der Waals surface area contributed by atoms with Gasteiger partial charge in [0.1, 0.15) is 12.4 Å². The average molecular weight is 416 g/mol. The van der Waals surface area contributed by atoms with E-state index in [0.29, 0.717) is 19.1 Å². The molecule has 3 aromatic carbocycles. The van der Waals surface area contributed by atoms with Crippen molar-refractivity contribution in [2.45, 2.75) is 44.9 Å². The number of benzene rings is 3. The van der Waals surface area contributed by atoms with E-state index in [4.69, 9.17) is 9.84 Å². The monoisotopic (exact) mass is 415 g/mol. The van der Waals surface area contributed by atoms with Crippen LogP contribution in [-0.4, -0.2) is 22.5 Å². The highest BCUT2D eigenvalue weighted by atomic mass is 16.5. The van der Waals surface area contributed by atoms with Crippen LogP contribution < -0.4 is 4.74 Å². The molecule has 1 N–H and O–H groups in total. The first-order valence-corrected chi connectivity index (χ1v) is 11.0. The molecule has 0 saturated carbocycles. The van der Waals surface area contributed by atoms with E-state index >= 15 is 0 Å². The first-order valence-electron chi connectivity index (χ1n) is 11.0. The van der Waals surface area contributed by atoms with Gasteiger partial charge in [0.25, 0.3) is 0 Å². The quantitative estimate of drug-likeness (QED) is 0.493. The molecule has 1 fully saturated rings. The largest absolute Gasteiger partial charge is 0.489 e. The van der Waals surface area contributed by atoms with Gasteiger partial charge in [0.15, 0.2) is 0 Å². The number of carboxylic acid groups (broad SMARTS) is 1. The van der Waals surface area contributed by atoms with Crippen molar-refractivity contribution in [3.8, 4) is 5.75 Å². The van der Waals surface area contributed by atoms with Gasteiger partial charge in [-0.25, -0.2) is 0 Å². The van der Waals surface area contributed by atoms with Gasteiger partial charge in [0.2, 0.25) is 0 Å². The number of aryl methyl sites for hydroxylation is 1. The molecule has 1 heterocycles. The Morgan fingerprint density at radius 1 is 0.903 bits per heavy atom. The summed E-state index contributed by atoms with van der Waals surface area (Å²) in [7, 11) is 0. The lowest BCUT2D eigenvalue weighted by atomic mass is 10.0. The van der Waals surface area contributed by atoms with E-state index in [1.165, 1.54) is 24.0 Å². The van der Waals surface area contributed by atoms with E-state index in [-0.39, 0.29) is 6.42 Å². The number of rotatable bonds is 9. The Bertz CT molecular complexity index is 968. The minimum atomic E-state index is -0.774. The molecule has 1 aliphatic rings. The van der Waals surface area contributed by atoms with Gasteiger partial charge >= 0.3 is 5.97 Å². The molecule has 3 aromatic rings. The van der Waals surface area contributed by atoms with Crippen LogP contribution in [0.5, 0.6) is 5.75 Å². The number of carboxylic acids is 1. The molecule has 1 aliphatic heterocycles.